The van der Waals surface area contributed by atoms with Crippen LogP contribution in [0.15, 0.2) is 101 Å². The number of carbonyl (C=O) groups excluding carboxylic acids is 1. The van der Waals surface area contributed by atoms with Crippen LogP contribution in [0, 0.1) is 5.82 Å². The summed E-state index contributed by atoms with van der Waals surface area (Å²) in [4.78, 5) is 19.4. The summed E-state index contributed by atoms with van der Waals surface area (Å²) in [5.41, 5.74) is 0.993. The average Bonchev–Trinajstić information content (AvgIpc) is 3.58. The van der Waals surface area contributed by atoms with E-state index in [2.05, 4.69) is 4.98 Å². The van der Waals surface area contributed by atoms with Gasteiger partial charge >= 0.3 is 0 Å². The zero-order valence-corrected chi connectivity index (χ0v) is 21.4. The number of halogens is 1. The topological polar surface area (TPSA) is 83.7 Å². The number of anilines is 2. The van der Waals surface area contributed by atoms with Gasteiger partial charge in [-0.15, -0.1) is 0 Å². The van der Waals surface area contributed by atoms with Crippen molar-refractivity contribution >= 4 is 48.3 Å². The molecular formula is C27H22FN3O4S2. The zero-order chi connectivity index (χ0) is 26.0. The minimum atomic E-state index is -3.84. The summed E-state index contributed by atoms with van der Waals surface area (Å²) >= 11 is 1.19. The maximum absolute atomic E-state index is 14.3. The summed E-state index contributed by atoms with van der Waals surface area (Å²) in [6.45, 7) is 2.08. The molecule has 2 heterocycles. The van der Waals surface area contributed by atoms with E-state index in [4.69, 9.17) is 4.42 Å². The van der Waals surface area contributed by atoms with Crippen molar-refractivity contribution in [1.82, 2.24) is 4.98 Å². The van der Waals surface area contributed by atoms with Crippen LogP contribution in [0.4, 0.5) is 15.2 Å². The Hall–Kier alpha value is -4.02. The molecule has 0 aliphatic heterocycles. The molecule has 0 unspecified atom stereocenters. The first-order chi connectivity index (χ1) is 17.9. The van der Waals surface area contributed by atoms with Gasteiger partial charge in [0.05, 0.1) is 28.1 Å². The molecule has 0 aliphatic carbocycles. The molecule has 1 amide bonds. The number of thiazole rings is 1. The number of fused-ring (bicyclic) bond motifs is 1. The summed E-state index contributed by atoms with van der Waals surface area (Å²) < 4.78 is 48.3. The van der Waals surface area contributed by atoms with Crippen LogP contribution in [0.1, 0.15) is 23.0 Å². The third-order valence-electron chi connectivity index (χ3n) is 5.75. The molecule has 0 bridgehead atoms. The second-order valence-corrected chi connectivity index (χ2v) is 11.0. The number of sulfonamides is 1. The molecule has 5 aromatic rings. The van der Waals surface area contributed by atoms with E-state index in [9.17, 15) is 17.6 Å². The molecule has 2 aromatic heterocycles. The normalized spacial score (nSPS) is 11.5. The van der Waals surface area contributed by atoms with Gasteiger partial charge in [0.2, 0.25) is 0 Å². The Balaban J connectivity index is 1.48. The van der Waals surface area contributed by atoms with Crippen molar-refractivity contribution in [2.45, 2.75) is 18.4 Å². The highest BCUT2D eigenvalue weighted by Gasteiger charge is 2.26. The fraction of sp³-hybridized carbons (Fsp3) is 0.111. The van der Waals surface area contributed by atoms with E-state index in [1.54, 1.807) is 55.5 Å². The average molecular weight is 536 g/mol. The predicted molar refractivity (Wildman–Crippen MR) is 142 cm³/mol. The van der Waals surface area contributed by atoms with Gasteiger partial charge in [0.15, 0.2) is 5.13 Å². The molecule has 37 heavy (non-hydrogen) atoms. The molecule has 10 heteroatoms. The maximum atomic E-state index is 14.3. The maximum Gasteiger partial charge on any atom is 0.264 e. The molecule has 0 atom stereocenters. The van der Waals surface area contributed by atoms with Crippen LogP contribution >= 0.6 is 11.3 Å². The minimum Gasteiger partial charge on any atom is -0.467 e. The molecule has 188 valence electrons. The van der Waals surface area contributed by atoms with E-state index in [-0.39, 0.29) is 29.1 Å². The Kier molecular flexibility index (Phi) is 6.77. The van der Waals surface area contributed by atoms with Crippen molar-refractivity contribution < 1.29 is 22.0 Å². The van der Waals surface area contributed by atoms with Gasteiger partial charge in [-0.2, -0.15) is 0 Å². The summed E-state index contributed by atoms with van der Waals surface area (Å²) in [5.74, 6) is -0.372. The first-order valence-electron chi connectivity index (χ1n) is 11.5. The molecule has 3 aromatic carbocycles. The van der Waals surface area contributed by atoms with Gasteiger partial charge in [-0.25, -0.2) is 17.8 Å². The predicted octanol–water partition coefficient (Wildman–Crippen LogP) is 6.09. The first kappa shape index (κ1) is 24.7. The quantitative estimate of drug-likeness (QED) is 0.240. The molecule has 0 fully saturated rings. The van der Waals surface area contributed by atoms with Crippen LogP contribution in [0.5, 0.6) is 0 Å². The van der Waals surface area contributed by atoms with Crippen LogP contribution < -0.4 is 9.21 Å². The standard InChI is InChI=1S/C27H22FN3O4S2/c1-2-31(20-8-4-3-5-9-20)37(33,34)22-15-13-19(14-16-22)26(32)30(18-21-10-7-17-35-21)27-29-25-23(28)11-6-12-24(25)36-27/h3-17H,2,18H2,1H3. The van der Waals surface area contributed by atoms with E-state index < -0.39 is 21.7 Å². The number of carbonyl (C=O) groups is 1. The van der Waals surface area contributed by atoms with Gasteiger partial charge in [0.25, 0.3) is 15.9 Å². The third kappa shape index (κ3) is 4.85. The van der Waals surface area contributed by atoms with Gasteiger partial charge in [0, 0.05) is 12.1 Å². The highest BCUT2D eigenvalue weighted by atomic mass is 32.2. The number of rotatable bonds is 8. The number of nitrogens with zero attached hydrogens (tertiary/aromatic N) is 3. The van der Waals surface area contributed by atoms with Crippen molar-refractivity contribution in [3.8, 4) is 0 Å². The Morgan fingerprint density at radius 1 is 0.973 bits per heavy atom. The summed E-state index contributed by atoms with van der Waals surface area (Å²) in [6, 6.07) is 22.7. The van der Waals surface area contributed by atoms with Crippen molar-refractivity contribution in [2.75, 3.05) is 15.7 Å². The molecule has 7 nitrogen and oxygen atoms in total. The van der Waals surface area contributed by atoms with Crippen molar-refractivity contribution in [2.24, 2.45) is 0 Å². The lowest BCUT2D eigenvalue weighted by atomic mass is 10.2. The Labute approximate surface area is 217 Å². The van der Waals surface area contributed by atoms with Crippen LogP contribution in [-0.2, 0) is 16.6 Å². The van der Waals surface area contributed by atoms with Crippen LogP contribution in [0.25, 0.3) is 10.2 Å². The van der Waals surface area contributed by atoms with E-state index in [1.807, 2.05) is 6.07 Å². The largest absolute Gasteiger partial charge is 0.467 e. The van der Waals surface area contributed by atoms with Crippen LogP contribution in [-0.4, -0.2) is 25.9 Å². The molecule has 0 spiro atoms. The Morgan fingerprint density at radius 3 is 2.38 bits per heavy atom. The number of benzene rings is 3. The van der Waals surface area contributed by atoms with E-state index >= 15 is 0 Å². The number of amides is 1. The lowest BCUT2D eigenvalue weighted by molar-refractivity contribution is 0.0983. The number of aromatic nitrogens is 1. The highest BCUT2D eigenvalue weighted by molar-refractivity contribution is 7.92. The third-order valence-corrected chi connectivity index (χ3v) is 8.71. The molecule has 0 radical (unpaired) electrons. The zero-order valence-electron chi connectivity index (χ0n) is 19.7. The molecule has 5 rings (SSSR count). The van der Waals surface area contributed by atoms with Gasteiger partial charge in [-0.05, 0) is 67.6 Å². The monoisotopic (exact) mass is 535 g/mol. The number of hydrogen-bond donors (Lipinski definition) is 0. The number of furan rings is 1. The van der Waals surface area contributed by atoms with E-state index in [1.165, 1.54) is 57.1 Å². The highest BCUT2D eigenvalue weighted by Crippen LogP contribution is 2.32. The van der Waals surface area contributed by atoms with Crippen molar-refractivity contribution in [3.05, 3.63) is 108 Å². The van der Waals surface area contributed by atoms with Gasteiger partial charge in [0.1, 0.15) is 17.1 Å². The number of para-hydroxylation sites is 2. The van der Waals surface area contributed by atoms with Crippen molar-refractivity contribution in [3.63, 3.8) is 0 Å². The second-order valence-electron chi connectivity index (χ2n) is 8.08. The van der Waals surface area contributed by atoms with Crippen LogP contribution in [0.3, 0.4) is 0 Å². The Bertz CT molecular complexity index is 1630. The van der Waals surface area contributed by atoms with Gasteiger partial charge in [-0.1, -0.05) is 35.6 Å². The molecule has 0 aliphatic rings. The molecular weight excluding hydrogens is 513 g/mol. The fourth-order valence-electron chi connectivity index (χ4n) is 3.94. The minimum absolute atomic E-state index is 0.0643. The summed E-state index contributed by atoms with van der Waals surface area (Å²) in [6.07, 6.45) is 1.50. The molecule has 0 N–H and O–H groups in total. The van der Waals surface area contributed by atoms with Gasteiger partial charge in [-0.3, -0.25) is 14.0 Å². The summed E-state index contributed by atoms with van der Waals surface area (Å²) in [7, 11) is -3.84. The smallest absolute Gasteiger partial charge is 0.264 e. The second kappa shape index (κ2) is 10.2. The van der Waals surface area contributed by atoms with Crippen molar-refractivity contribution in [1.29, 1.82) is 0 Å². The van der Waals surface area contributed by atoms with E-state index in [0.29, 0.717) is 21.3 Å². The Morgan fingerprint density at radius 2 is 1.73 bits per heavy atom. The van der Waals surface area contributed by atoms with E-state index in [0.717, 1.165) is 0 Å². The first-order valence-corrected chi connectivity index (χ1v) is 13.7. The van der Waals surface area contributed by atoms with Gasteiger partial charge < -0.3 is 4.42 Å². The fourth-order valence-corrected chi connectivity index (χ4v) is 6.39. The molecule has 0 saturated carbocycles. The molecule has 0 saturated heterocycles. The lowest BCUT2D eigenvalue weighted by Gasteiger charge is -2.23. The SMILES string of the molecule is CCN(c1ccccc1)S(=O)(=O)c1ccc(C(=O)N(Cc2ccco2)c2nc3c(F)cccc3s2)cc1. The number of hydrogen-bond acceptors (Lipinski definition) is 6. The summed E-state index contributed by atoms with van der Waals surface area (Å²) in [5, 5.41) is 0.305. The van der Waals surface area contributed by atoms with Crippen LogP contribution in [0.2, 0.25) is 0 Å². The lowest BCUT2D eigenvalue weighted by Crippen LogP contribution is -2.31.